The minimum absolute atomic E-state index is 0.0919. The Bertz CT molecular complexity index is 1380. The first-order valence-corrected chi connectivity index (χ1v) is 10.2. The second kappa shape index (κ2) is 8.50. The molecule has 1 aromatic carbocycles. The lowest BCUT2D eigenvalue weighted by atomic mass is 10.1. The van der Waals surface area contributed by atoms with E-state index in [0.29, 0.717) is 11.4 Å². The summed E-state index contributed by atoms with van der Waals surface area (Å²) >= 11 is 0. The van der Waals surface area contributed by atoms with Gasteiger partial charge in [-0.2, -0.15) is 5.10 Å². The first kappa shape index (κ1) is 20.3. The van der Waals surface area contributed by atoms with Crippen LogP contribution in [-0.4, -0.2) is 37.4 Å². The average Bonchev–Trinajstić information content (AvgIpc) is 3.46. The van der Waals surface area contributed by atoms with Crippen LogP contribution in [0.4, 0.5) is 0 Å². The van der Waals surface area contributed by atoms with Crippen LogP contribution in [0.3, 0.4) is 0 Å². The van der Waals surface area contributed by atoms with E-state index in [0.717, 1.165) is 16.7 Å². The smallest absolute Gasteiger partial charge is 0.315 e. The van der Waals surface area contributed by atoms with Crippen molar-refractivity contribution in [3.05, 3.63) is 89.1 Å². The van der Waals surface area contributed by atoms with Gasteiger partial charge >= 0.3 is 5.97 Å². The number of amides is 2. The number of aromatic nitrogens is 4. The van der Waals surface area contributed by atoms with Crippen LogP contribution in [0.2, 0.25) is 0 Å². The van der Waals surface area contributed by atoms with Gasteiger partial charge in [0.2, 0.25) is 0 Å². The second-order valence-electron chi connectivity index (χ2n) is 7.45. The third kappa shape index (κ3) is 4.26. The fourth-order valence-corrected chi connectivity index (χ4v) is 3.53. The number of benzene rings is 1. The molecular weight excluding hydrogens is 424 g/mol. The molecule has 0 aliphatic carbocycles. The van der Waals surface area contributed by atoms with Gasteiger partial charge in [-0.3, -0.25) is 19.4 Å². The Balaban J connectivity index is 1.32. The number of carbonyl (C=O) groups excluding carboxylic acids is 3. The molecular formula is C23H18N6O4. The molecule has 0 saturated carbocycles. The van der Waals surface area contributed by atoms with Gasteiger partial charge in [0.1, 0.15) is 17.1 Å². The van der Waals surface area contributed by atoms with Gasteiger partial charge in [0.15, 0.2) is 5.65 Å². The monoisotopic (exact) mass is 442 g/mol. The molecule has 33 heavy (non-hydrogen) atoms. The molecule has 3 aromatic heterocycles. The Labute approximate surface area is 187 Å². The molecule has 0 unspecified atom stereocenters. The largest absolute Gasteiger partial charge is 0.426 e. The minimum Gasteiger partial charge on any atom is -0.426 e. The molecule has 10 heteroatoms. The number of hydrogen-bond acceptors (Lipinski definition) is 7. The van der Waals surface area contributed by atoms with Crippen LogP contribution in [0.15, 0.2) is 61.1 Å². The SMILES string of the molecule is O=C1Cc2cc(CNC(=O)c3cc(C(=O)NCc4cccnc4)n4nccc4n3)ccc2O1. The second-order valence-corrected chi connectivity index (χ2v) is 7.45. The van der Waals surface area contributed by atoms with Gasteiger partial charge in [0, 0.05) is 43.2 Å². The minimum atomic E-state index is -0.437. The predicted molar refractivity (Wildman–Crippen MR) is 115 cm³/mol. The maximum atomic E-state index is 12.8. The number of rotatable bonds is 6. The number of ether oxygens (including phenoxy) is 1. The third-order valence-corrected chi connectivity index (χ3v) is 5.14. The van der Waals surface area contributed by atoms with Crippen molar-refractivity contribution in [2.24, 2.45) is 0 Å². The topological polar surface area (TPSA) is 128 Å². The lowest BCUT2D eigenvalue weighted by Gasteiger charge is -2.10. The van der Waals surface area contributed by atoms with Gasteiger partial charge in [-0.1, -0.05) is 12.1 Å². The third-order valence-electron chi connectivity index (χ3n) is 5.14. The molecule has 5 rings (SSSR count). The highest BCUT2D eigenvalue weighted by atomic mass is 16.5. The molecule has 2 amide bonds. The number of nitrogens with zero attached hydrogens (tertiary/aromatic N) is 4. The summed E-state index contributed by atoms with van der Waals surface area (Å²) in [6.07, 6.45) is 5.04. The lowest BCUT2D eigenvalue weighted by molar-refractivity contribution is -0.131. The van der Waals surface area contributed by atoms with E-state index >= 15 is 0 Å². The molecule has 0 spiro atoms. The summed E-state index contributed by atoms with van der Waals surface area (Å²) in [6, 6.07) is 12.0. The molecule has 10 nitrogen and oxygen atoms in total. The van der Waals surface area contributed by atoms with Crippen molar-refractivity contribution in [1.82, 2.24) is 30.2 Å². The van der Waals surface area contributed by atoms with Crippen LogP contribution in [0, 0.1) is 0 Å². The van der Waals surface area contributed by atoms with Crippen LogP contribution in [0.1, 0.15) is 37.7 Å². The van der Waals surface area contributed by atoms with E-state index in [9.17, 15) is 14.4 Å². The van der Waals surface area contributed by atoms with Crippen molar-refractivity contribution in [2.45, 2.75) is 19.5 Å². The zero-order valence-corrected chi connectivity index (χ0v) is 17.3. The highest BCUT2D eigenvalue weighted by Crippen LogP contribution is 2.26. The van der Waals surface area contributed by atoms with Gasteiger partial charge in [-0.15, -0.1) is 0 Å². The Kier molecular flexibility index (Phi) is 5.23. The Hall–Kier alpha value is -4.60. The molecule has 4 heterocycles. The summed E-state index contributed by atoms with van der Waals surface area (Å²) in [5.74, 6) is -0.580. The fourth-order valence-electron chi connectivity index (χ4n) is 3.53. The molecule has 1 aliphatic heterocycles. The van der Waals surface area contributed by atoms with Crippen LogP contribution in [-0.2, 0) is 24.3 Å². The summed E-state index contributed by atoms with van der Waals surface area (Å²) in [5.41, 5.74) is 3.11. The van der Waals surface area contributed by atoms with Gasteiger partial charge in [0.05, 0.1) is 12.6 Å². The van der Waals surface area contributed by atoms with E-state index < -0.39 is 11.8 Å². The first-order chi connectivity index (χ1) is 16.1. The molecule has 4 aromatic rings. The van der Waals surface area contributed by atoms with Crippen molar-refractivity contribution in [1.29, 1.82) is 0 Å². The highest BCUT2D eigenvalue weighted by Gasteiger charge is 2.21. The summed E-state index contributed by atoms with van der Waals surface area (Å²) < 4.78 is 6.47. The highest BCUT2D eigenvalue weighted by molar-refractivity contribution is 5.98. The van der Waals surface area contributed by atoms with Crippen LogP contribution in [0.25, 0.3) is 5.65 Å². The van der Waals surface area contributed by atoms with Crippen LogP contribution < -0.4 is 15.4 Å². The van der Waals surface area contributed by atoms with Crippen molar-refractivity contribution >= 4 is 23.4 Å². The van der Waals surface area contributed by atoms with E-state index in [2.05, 4.69) is 25.7 Å². The molecule has 2 N–H and O–H groups in total. The Morgan fingerprint density at radius 3 is 2.70 bits per heavy atom. The maximum absolute atomic E-state index is 12.8. The van der Waals surface area contributed by atoms with Crippen molar-refractivity contribution < 1.29 is 19.1 Å². The Morgan fingerprint density at radius 2 is 1.85 bits per heavy atom. The standard InChI is InChI=1S/C23H18N6O4/c30-21-9-16-8-14(3-4-19(16)33-21)12-25-22(31)17-10-18(29-20(28-17)5-7-27-29)23(32)26-13-15-2-1-6-24-11-15/h1-8,10-11H,9,12-13H2,(H,25,31)(H,26,32). The quantitative estimate of drug-likeness (QED) is 0.342. The number of hydrogen-bond donors (Lipinski definition) is 2. The number of carbonyl (C=O) groups is 3. The van der Waals surface area contributed by atoms with Gasteiger partial charge in [-0.25, -0.2) is 9.50 Å². The van der Waals surface area contributed by atoms with E-state index in [1.165, 1.54) is 16.8 Å². The van der Waals surface area contributed by atoms with E-state index in [1.54, 1.807) is 36.7 Å². The maximum Gasteiger partial charge on any atom is 0.315 e. The first-order valence-electron chi connectivity index (χ1n) is 10.2. The summed E-state index contributed by atoms with van der Waals surface area (Å²) in [6.45, 7) is 0.513. The number of pyridine rings is 1. The molecule has 0 saturated heterocycles. The zero-order valence-electron chi connectivity index (χ0n) is 17.3. The summed E-state index contributed by atoms with van der Waals surface area (Å²) in [7, 11) is 0. The van der Waals surface area contributed by atoms with Crippen molar-refractivity contribution in [3.8, 4) is 5.75 Å². The van der Waals surface area contributed by atoms with Gasteiger partial charge in [-0.05, 0) is 29.3 Å². The average molecular weight is 442 g/mol. The lowest BCUT2D eigenvalue weighted by Crippen LogP contribution is -2.28. The molecule has 1 aliphatic rings. The summed E-state index contributed by atoms with van der Waals surface area (Å²) in [5, 5.41) is 9.75. The number of fused-ring (bicyclic) bond motifs is 2. The van der Waals surface area contributed by atoms with Gasteiger partial charge in [0.25, 0.3) is 11.8 Å². The van der Waals surface area contributed by atoms with E-state index in [1.807, 2.05) is 12.1 Å². The predicted octanol–water partition coefficient (Wildman–Crippen LogP) is 1.45. The van der Waals surface area contributed by atoms with Gasteiger partial charge < -0.3 is 15.4 Å². The molecule has 164 valence electrons. The normalized spacial score (nSPS) is 12.3. The van der Waals surface area contributed by atoms with E-state index in [-0.39, 0.29) is 36.9 Å². The molecule has 0 radical (unpaired) electrons. The molecule has 0 fully saturated rings. The van der Waals surface area contributed by atoms with Crippen molar-refractivity contribution in [3.63, 3.8) is 0 Å². The number of nitrogens with one attached hydrogen (secondary N) is 2. The van der Waals surface area contributed by atoms with Crippen molar-refractivity contribution in [2.75, 3.05) is 0 Å². The van der Waals surface area contributed by atoms with E-state index in [4.69, 9.17) is 4.74 Å². The van der Waals surface area contributed by atoms with Crippen LogP contribution in [0.5, 0.6) is 5.75 Å². The molecule has 0 bridgehead atoms. The fraction of sp³-hybridized carbons (Fsp3) is 0.130. The summed E-state index contributed by atoms with van der Waals surface area (Å²) in [4.78, 5) is 45.4. The number of esters is 1. The molecule has 0 atom stereocenters. The Morgan fingerprint density at radius 1 is 1.00 bits per heavy atom. The van der Waals surface area contributed by atoms with Crippen LogP contribution >= 0.6 is 0 Å². The zero-order chi connectivity index (χ0) is 22.8.